The standard InChI is InChI=1S/C16H11ClFNO/c1-9-2-4-11-13(8-19-15(11)6-9)16(20)12-5-3-10(18)7-14(12)17/h2-8,19H,1H3. The summed E-state index contributed by atoms with van der Waals surface area (Å²) in [5.41, 5.74) is 2.84. The van der Waals surface area contributed by atoms with E-state index in [0.29, 0.717) is 11.1 Å². The monoisotopic (exact) mass is 287 g/mol. The lowest BCUT2D eigenvalue weighted by Crippen LogP contribution is -2.01. The molecule has 3 rings (SSSR count). The number of hydrogen-bond acceptors (Lipinski definition) is 1. The Labute approximate surface area is 120 Å². The average molecular weight is 288 g/mol. The number of ketones is 1. The second-order valence-corrected chi connectivity index (χ2v) is 5.11. The normalized spacial score (nSPS) is 10.9. The summed E-state index contributed by atoms with van der Waals surface area (Å²) in [6.45, 7) is 1.98. The van der Waals surface area contributed by atoms with Gasteiger partial charge < -0.3 is 4.98 Å². The molecule has 2 nitrogen and oxygen atoms in total. The molecule has 0 saturated heterocycles. The third-order valence-corrected chi connectivity index (χ3v) is 3.57. The lowest BCUT2D eigenvalue weighted by Gasteiger charge is -2.03. The Bertz CT molecular complexity index is 822. The second-order valence-electron chi connectivity index (χ2n) is 4.70. The lowest BCUT2D eigenvalue weighted by atomic mass is 10.0. The topological polar surface area (TPSA) is 32.9 Å². The summed E-state index contributed by atoms with van der Waals surface area (Å²) >= 11 is 5.95. The van der Waals surface area contributed by atoms with Gasteiger partial charge in [0, 0.05) is 28.2 Å². The maximum absolute atomic E-state index is 13.0. The van der Waals surface area contributed by atoms with Crippen LogP contribution in [-0.4, -0.2) is 10.8 Å². The number of aryl methyl sites for hydroxylation is 1. The summed E-state index contributed by atoms with van der Waals surface area (Å²) in [7, 11) is 0. The van der Waals surface area contributed by atoms with E-state index >= 15 is 0 Å². The molecule has 0 aliphatic rings. The van der Waals surface area contributed by atoms with Gasteiger partial charge in [0.15, 0.2) is 5.78 Å². The Morgan fingerprint density at radius 1 is 1.15 bits per heavy atom. The Morgan fingerprint density at radius 2 is 1.95 bits per heavy atom. The summed E-state index contributed by atoms with van der Waals surface area (Å²) in [5.74, 6) is -0.675. The Kier molecular flexibility index (Phi) is 3.07. The van der Waals surface area contributed by atoms with E-state index in [9.17, 15) is 9.18 Å². The predicted molar refractivity (Wildman–Crippen MR) is 77.9 cm³/mol. The van der Waals surface area contributed by atoms with Gasteiger partial charge in [-0.1, -0.05) is 23.7 Å². The highest BCUT2D eigenvalue weighted by Crippen LogP contribution is 2.25. The number of fused-ring (bicyclic) bond motifs is 1. The van der Waals surface area contributed by atoms with E-state index in [1.54, 1.807) is 6.20 Å². The number of nitrogens with one attached hydrogen (secondary N) is 1. The van der Waals surface area contributed by atoms with Gasteiger partial charge in [-0.15, -0.1) is 0 Å². The fraction of sp³-hybridized carbons (Fsp3) is 0.0625. The molecule has 0 atom stereocenters. The van der Waals surface area contributed by atoms with Gasteiger partial charge in [0.05, 0.1) is 5.02 Å². The Balaban J connectivity index is 2.13. The minimum atomic E-state index is -0.457. The number of H-pyrrole nitrogens is 1. The molecule has 0 radical (unpaired) electrons. The van der Waals surface area contributed by atoms with Crippen molar-refractivity contribution >= 4 is 28.3 Å². The summed E-state index contributed by atoms with van der Waals surface area (Å²) < 4.78 is 13.0. The third kappa shape index (κ3) is 2.10. The van der Waals surface area contributed by atoms with Crippen LogP contribution in [0.2, 0.25) is 5.02 Å². The molecule has 0 amide bonds. The first-order chi connectivity index (χ1) is 9.56. The van der Waals surface area contributed by atoms with Crippen LogP contribution in [0.3, 0.4) is 0 Å². The fourth-order valence-corrected chi connectivity index (χ4v) is 2.50. The number of hydrogen-bond donors (Lipinski definition) is 1. The van der Waals surface area contributed by atoms with Crippen LogP contribution >= 0.6 is 11.6 Å². The molecule has 100 valence electrons. The average Bonchev–Trinajstić information content (AvgIpc) is 2.80. The number of carbonyl (C=O) groups excluding carboxylic acids is 1. The molecule has 0 fully saturated rings. The molecule has 3 aromatic rings. The molecule has 4 heteroatoms. The summed E-state index contributed by atoms with van der Waals surface area (Å²) in [6.07, 6.45) is 1.66. The molecular formula is C16H11ClFNO. The Hall–Kier alpha value is -2.13. The van der Waals surface area contributed by atoms with E-state index < -0.39 is 5.82 Å². The molecular weight excluding hydrogens is 277 g/mol. The van der Waals surface area contributed by atoms with Crippen molar-refractivity contribution in [3.05, 3.63) is 70.1 Å². The maximum Gasteiger partial charge on any atom is 0.196 e. The lowest BCUT2D eigenvalue weighted by molar-refractivity contribution is 0.104. The molecule has 0 saturated carbocycles. The quantitative estimate of drug-likeness (QED) is 0.692. The van der Waals surface area contributed by atoms with Gasteiger partial charge >= 0.3 is 0 Å². The van der Waals surface area contributed by atoms with E-state index in [4.69, 9.17) is 11.6 Å². The molecule has 2 aromatic carbocycles. The van der Waals surface area contributed by atoms with Crippen LogP contribution in [0.1, 0.15) is 21.5 Å². The second kappa shape index (κ2) is 4.76. The first kappa shape index (κ1) is 12.9. The molecule has 20 heavy (non-hydrogen) atoms. The van der Waals surface area contributed by atoms with Crippen molar-refractivity contribution in [2.75, 3.05) is 0 Å². The van der Waals surface area contributed by atoms with Gasteiger partial charge in [0.2, 0.25) is 0 Å². The van der Waals surface area contributed by atoms with Crippen LogP contribution in [0.4, 0.5) is 4.39 Å². The van der Waals surface area contributed by atoms with Crippen LogP contribution < -0.4 is 0 Å². The minimum absolute atomic E-state index is 0.122. The highest BCUT2D eigenvalue weighted by Gasteiger charge is 2.17. The van der Waals surface area contributed by atoms with Gasteiger partial charge in [-0.2, -0.15) is 0 Å². The number of carbonyl (C=O) groups is 1. The highest BCUT2D eigenvalue weighted by atomic mass is 35.5. The van der Waals surface area contributed by atoms with Crippen LogP contribution in [0.15, 0.2) is 42.6 Å². The number of rotatable bonds is 2. The van der Waals surface area contributed by atoms with Gasteiger partial charge in [0.1, 0.15) is 5.82 Å². The number of aromatic amines is 1. The largest absolute Gasteiger partial charge is 0.360 e. The predicted octanol–water partition coefficient (Wildman–Crippen LogP) is 4.50. The SMILES string of the molecule is Cc1ccc2c(C(=O)c3ccc(F)cc3Cl)c[nH]c2c1. The van der Waals surface area contributed by atoms with Crippen molar-refractivity contribution in [3.63, 3.8) is 0 Å². The molecule has 1 heterocycles. The Morgan fingerprint density at radius 3 is 2.70 bits per heavy atom. The van der Waals surface area contributed by atoms with Crippen LogP contribution in [0, 0.1) is 12.7 Å². The fourth-order valence-electron chi connectivity index (χ4n) is 2.25. The molecule has 0 spiro atoms. The van der Waals surface area contributed by atoms with Crippen molar-refractivity contribution in [2.24, 2.45) is 0 Å². The maximum atomic E-state index is 13.0. The van der Waals surface area contributed by atoms with E-state index in [-0.39, 0.29) is 10.8 Å². The first-order valence-electron chi connectivity index (χ1n) is 6.14. The first-order valence-corrected chi connectivity index (χ1v) is 6.51. The van der Waals surface area contributed by atoms with E-state index in [1.807, 2.05) is 25.1 Å². The molecule has 1 N–H and O–H groups in total. The summed E-state index contributed by atoms with van der Waals surface area (Å²) in [4.78, 5) is 15.6. The van der Waals surface area contributed by atoms with Gasteiger partial charge in [-0.25, -0.2) is 4.39 Å². The van der Waals surface area contributed by atoms with Crippen LogP contribution in [0.5, 0.6) is 0 Å². The summed E-state index contributed by atoms with van der Waals surface area (Å²) in [5, 5.41) is 0.956. The zero-order valence-corrected chi connectivity index (χ0v) is 11.5. The number of halogens is 2. The van der Waals surface area contributed by atoms with Crippen molar-refractivity contribution in [3.8, 4) is 0 Å². The smallest absolute Gasteiger partial charge is 0.196 e. The number of aromatic nitrogens is 1. The molecule has 0 aliphatic heterocycles. The zero-order valence-electron chi connectivity index (χ0n) is 10.7. The molecule has 0 bridgehead atoms. The number of benzene rings is 2. The van der Waals surface area contributed by atoms with Crippen molar-refractivity contribution in [1.82, 2.24) is 4.98 Å². The molecule has 0 aliphatic carbocycles. The van der Waals surface area contributed by atoms with E-state index in [1.165, 1.54) is 12.1 Å². The van der Waals surface area contributed by atoms with Gasteiger partial charge in [-0.05, 0) is 36.8 Å². The third-order valence-electron chi connectivity index (χ3n) is 3.26. The van der Waals surface area contributed by atoms with E-state index in [0.717, 1.165) is 22.5 Å². The van der Waals surface area contributed by atoms with E-state index in [2.05, 4.69) is 4.98 Å². The molecule has 1 aromatic heterocycles. The van der Waals surface area contributed by atoms with Gasteiger partial charge in [-0.3, -0.25) is 4.79 Å². The highest BCUT2D eigenvalue weighted by molar-refractivity contribution is 6.35. The van der Waals surface area contributed by atoms with Crippen molar-refractivity contribution in [1.29, 1.82) is 0 Å². The zero-order chi connectivity index (χ0) is 14.3. The van der Waals surface area contributed by atoms with Crippen LogP contribution in [0.25, 0.3) is 10.9 Å². The summed E-state index contributed by atoms with van der Waals surface area (Å²) in [6, 6.07) is 9.60. The van der Waals surface area contributed by atoms with Crippen molar-refractivity contribution < 1.29 is 9.18 Å². The molecule has 0 unspecified atom stereocenters. The van der Waals surface area contributed by atoms with Crippen molar-refractivity contribution in [2.45, 2.75) is 6.92 Å². The van der Waals surface area contributed by atoms with Gasteiger partial charge in [0.25, 0.3) is 0 Å². The van der Waals surface area contributed by atoms with Crippen LogP contribution in [-0.2, 0) is 0 Å². The minimum Gasteiger partial charge on any atom is -0.360 e.